The average Bonchev–Trinajstić information content (AvgIpc) is 2.39. The van der Waals surface area contributed by atoms with Gasteiger partial charge in [-0.15, -0.1) is 0 Å². The lowest BCUT2D eigenvalue weighted by Crippen LogP contribution is -2.71. The molecule has 2 fully saturated rings. The van der Waals surface area contributed by atoms with Gasteiger partial charge in [0, 0.05) is 36.5 Å². The molecule has 0 radical (unpaired) electrons. The van der Waals surface area contributed by atoms with Gasteiger partial charge in [0.15, 0.2) is 0 Å². The molecule has 6 heteroatoms. The molecular formula is C18H25N3O2S. The molecule has 0 unspecified atom stereocenters. The molecule has 0 N–H and O–H groups in total. The van der Waals surface area contributed by atoms with Crippen LogP contribution in [-0.2, 0) is 4.74 Å². The Morgan fingerprint density at radius 3 is 2.54 bits per heavy atom. The monoisotopic (exact) mass is 347 g/mol. The molecule has 2 saturated heterocycles. The highest BCUT2D eigenvalue weighted by Crippen LogP contribution is 2.45. The minimum atomic E-state index is -0.427. The fraction of sp³-hybridized carbons (Fsp3) is 0.556. The minimum Gasteiger partial charge on any atom is -0.444 e. The molecule has 1 spiro atoms. The summed E-state index contributed by atoms with van der Waals surface area (Å²) in [4.78, 5) is 19.5. The van der Waals surface area contributed by atoms with Gasteiger partial charge in [-0.3, -0.25) is 4.98 Å². The van der Waals surface area contributed by atoms with Gasteiger partial charge in [0.05, 0.1) is 11.4 Å². The highest BCUT2D eigenvalue weighted by molar-refractivity contribution is 7.97. The molecule has 1 aromatic rings. The summed E-state index contributed by atoms with van der Waals surface area (Å²) in [6.07, 6.45) is 1.57. The van der Waals surface area contributed by atoms with Crippen molar-refractivity contribution in [3.63, 3.8) is 0 Å². The van der Waals surface area contributed by atoms with Crippen molar-refractivity contribution in [3.8, 4) is 0 Å². The summed E-state index contributed by atoms with van der Waals surface area (Å²) in [6, 6.07) is 4.09. The predicted molar refractivity (Wildman–Crippen MR) is 96.7 cm³/mol. The SMILES string of the molecule is C=Cc1ccc(SN2CC3(C2)CN(C(=O)OC(C)(C)C)C3)c(C)n1. The number of carbonyl (C=O) groups is 1. The zero-order valence-electron chi connectivity index (χ0n) is 14.8. The van der Waals surface area contributed by atoms with Crippen molar-refractivity contribution in [1.29, 1.82) is 0 Å². The van der Waals surface area contributed by atoms with E-state index in [1.165, 1.54) is 4.90 Å². The lowest BCUT2D eigenvalue weighted by atomic mass is 9.75. The van der Waals surface area contributed by atoms with Crippen LogP contribution in [-0.4, -0.2) is 52.1 Å². The third kappa shape index (κ3) is 3.59. The highest BCUT2D eigenvalue weighted by atomic mass is 32.2. The van der Waals surface area contributed by atoms with Crippen LogP contribution in [0.1, 0.15) is 32.2 Å². The molecule has 0 aliphatic carbocycles. The normalized spacial score (nSPS) is 19.6. The van der Waals surface area contributed by atoms with Gasteiger partial charge in [0.1, 0.15) is 5.60 Å². The number of pyridine rings is 1. The number of ether oxygens (including phenoxy) is 1. The molecule has 24 heavy (non-hydrogen) atoms. The summed E-state index contributed by atoms with van der Waals surface area (Å²) in [7, 11) is 0. The second-order valence-corrected chi connectivity index (χ2v) is 8.89. The fourth-order valence-corrected chi connectivity index (χ4v) is 4.36. The largest absolute Gasteiger partial charge is 0.444 e. The first kappa shape index (κ1) is 17.3. The van der Waals surface area contributed by atoms with Crippen molar-refractivity contribution in [2.24, 2.45) is 5.41 Å². The van der Waals surface area contributed by atoms with Crippen LogP contribution >= 0.6 is 11.9 Å². The Morgan fingerprint density at radius 1 is 1.33 bits per heavy atom. The summed E-state index contributed by atoms with van der Waals surface area (Å²) in [5.41, 5.74) is 1.77. The van der Waals surface area contributed by atoms with Gasteiger partial charge >= 0.3 is 6.09 Å². The van der Waals surface area contributed by atoms with Crippen molar-refractivity contribution in [1.82, 2.24) is 14.2 Å². The summed E-state index contributed by atoms with van der Waals surface area (Å²) in [5.74, 6) is 0. The van der Waals surface area contributed by atoms with Crippen LogP contribution in [0.4, 0.5) is 4.79 Å². The van der Waals surface area contributed by atoms with Crippen molar-refractivity contribution < 1.29 is 9.53 Å². The molecule has 3 heterocycles. The van der Waals surface area contributed by atoms with Gasteiger partial charge in [-0.2, -0.15) is 0 Å². The summed E-state index contributed by atoms with van der Waals surface area (Å²) < 4.78 is 7.75. The van der Waals surface area contributed by atoms with E-state index in [9.17, 15) is 4.79 Å². The molecule has 2 aliphatic heterocycles. The molecule has 1 amide bonds. The van der Waals surface area contributed by atoms with Crippen molar-refractivity contribution in [2.45, 2.75) is 38.2 Å². The Labute approximate surface area is 148 Å². The van der Waals surface area contributed by atoms with E-state index in [4.69, 9.17) is 4.74 Å². The Bertz CT molecular complexity index is 655. The molecule has 130 valence electrons. The van der Waals surface area contributed by atoms with Gasteiger partial charge in [-0.05, 0) is 57.9 Å². The van der Waals surface area contributed by atoms with Gasteiger partial charge < -0.3 is 9.64 Å². The summed E-state index contributed by atoms with van der Waals surface area (Å²) >= 11 is 1.75. The zero-order valence-corrected chi connectivity index (χ0v) is 15.7. The van der Waals surface area contributed by atoms with Crippen LogP contribution < -0.4 is 0 Å². The first-order valence-corrected chi connectivity index (χ1v) is 8.98. The van der Waals surface area contributed by atoms with Gasteiger partial charge in [-0.25, -0.2) is 9.10 Å². The van der Waals surface area contributed by atoms with Crippen LogP contribution in [0.25, 0.3) is 6.08 Å². The number of nitrogens with zero attached hydrogens (tertiary/aromatic N) is 3. The minimum absolute atomic E-state index is 0.195. The van der Waals surface area contributed by atoms with Crippen molar-refractivity contribution in [2.75, 3.05) is 26.2 Å². The maximum Gasteiger partial charge on any atom is 0.410 e. The van der Waals surface area contributed by atoms with Crippen LogP contribution in [0.2, 0.25) is 0 Å². The Kier molecular flexibility index (Phi) is 4.38. The van der Waals surface area contributed by atoms with Crippen LogP contribution in [0.3, 0.4) is 0 Å². The second-order valence-electron chi connectivity index (χ2n) is 7.75. The number of hydrogen-bond donors (Lipinski definition) is 0. The van der Waals surface area contributed by atoms with Crippen LogP contribution in [0.5, 0.6) is 0 Å². The Balaban J connectivity index is 1.47. The Hall–Kier alpha value is -1.53. The summed E-state index contributed by atoms with van der Waals surface area (Å²) in [6.45, 7) is 15.1. The maximum atomic E-state index is 12.0. The molecule has 0 aromatic carbocycles. The van der Waals surface area contributed by atoms with E-state index in [1.807, 2.05) is 33.8 Å². The first-order chi connectivity index (χ1) is 11.2. The standard InChI is InChI=1S/C18H25N3O2S/c1-6-14-7-8-15(13(2)19-14)24-21-11-18(12-21)9-20(10-18)16(22)23-17(3,4)5/h6-8H,1,9-12H2,2-5H3. The lowest BCUT2D eigenvalue weighted by molar-refractivity contribution is -0.0812. The topological polar surface area (TPSA) is 45.7 Å². The smallest absolute Gasteiger partial charge is 0.410 e. The zero-order chi connectivity index (χ0) is 17.5. The van der Waals surface area contributed by atoms with Gasteiger partial charge in [-0.1, -0.05) is 6.58 Å². The third-order valence-electron chi connectivity index (χ3n) is 4.22. The molecule has 0 saturated carbocycles. The predicted octanol–water partition coefficient (Wildman–Crippen LogP) is 3.59. The molecule has 5 nitrogen and oxygen atoms in total. The van der Waals surface area contributed by atoms with E-state index in [0.717, 1.165) is 37.6 Å². The van der Waals surface area contributed by atoms with Crippen LogP contribution in [0, 0.1) is 12.3 Å². The quantitative estimate of drug-likeness (QED) is 0.782. The fourth-order valence-electron chi connectivity index (χ4n) is 3.10. The van der Waals surface area contributed by atoms with Gasteiger partial charge in [0.2, 0.25) is 0 Å². The van der Waals surface area contributed by atoms with E-state index in [1.54, 1.807) is 22.9 Å². The number of likely N-dealkylation sites (tertiary alicyclic amines) is 1. The van der Waals surface area contributed by atoms with E-state index in [-0.39, 0.29) is 11.5 Å². The number of carbonyl (C=O) groups excluding carboxylic acids is 1. The number of rotatable bonds is 3. The molecule has 2 aliphatic rings. The number of aromatic nitrogens is 1. The molecular weight excluding hydrogens is 322 g/mol. The highest BCUT2D eigenvalue weighted by Gasteiger charge is 2.54. The van der Waals surface area contributed by atoms with E-state index in [2.05, 4.69) is 21.9 Å². The molecule has 0 bridgehead atoms. The van der Waals surface area contributed by atoms with Crippen molar-refractivity contribution >= 4 is 24.1 Å². The van der Waals surface area contributed by atoms with E-state index in [0.29, 0.717) is 0 Å². The third-order valence-corrected chi connectivity index (χ3v) is 5.37. The molecule has 0 atom stereocenters. The molecule has 1 aromatic heterocycles. The Morgan fingerprint density at radius 2 is 2.00 bits per heavy atom. The number of amides is 1. The number of aryl methyl sites for hydroxylation is 1. The molecule has 3 rings (SSSR count). The first-order valence-electron chi connectivity index (χ1n) is 8.21. The summed E-state index contributed by atoms with van der Waals surface area (Å²) in [5, 5.41) is 0. The maximum absolute atomic E-state index is 12.0. The average molecular weight is 347 g/mol. The van der Waals surface area contributed by atoms with Gasteiger partial charge in [0.25, 0.3) is 0 Å². The van der Waals surface area contributed by atoms with E-state index >= 15 is 0 Å². The second kappa shape index (κ2) is 6.08. The van der Waals surface area contributed by atoms with Crippen molar-refractivity contribution in [3.05, 3.63) is 30.1 Å². The number of hydrogen-bond acceptors (Lipinski definition) is 5. The lowest BCUT2D eigenvalue weighted by Gasteiger charge is -2.59. The van der Waals surface area contributed by atoms with Crippen LogP contribution in [0.15, 0.2) is 23.6 Å². The van der Waals surface area contributed by atoms with E-state index < -0.39 is 5.60 Å².